The highest BCUT2D eigenvalue weighted by atomic mass is 16.4. The fourth-order valence-electron chi connectivity index (χ4n) is 2.40. The Morgan fingerprint density at radius 3 is 2.42 bits per heavy atom. The predicted octanol–water partition coefficient (Wildman–Crippen LogP) is 2.43. The molecule has 0 saturated carbocycles. The first kappa shape index (κ1) is 15.5. The van der Waals surface area contributed by atoms with Crippen LogP contribution in [0.2, 0.25) is 0 Å². The quantitative estimate of drug-likeness (QED) is 0.742. The summed E-state index contributed by atoms with van der Waals surface area (Å²) in [5, 5.41) is 13.7. The van der Waals surface area contributed by atoms with Crippen LogP contribution in [0.4, 0.5) is 0 Å². The largest absolute Gasteiger partial charge is 0.478 e. The Kier molecular flexibility index (Phi) is 4.15. The van der Waals surface area contributed by atoms with Gasteiger partial charge in [-0.05, 0) is 26.0 Å². The van der Waals surface area contributed by atoms with Crippen LogP contribution in [-0.4, -0.2) is 35.8 Å². The molecule has 120 valence electrons. The molecule has 0 spiro atoms. The second kappa shape index (κ2) is 6.41. The number of aromatic nitrogens is 5. The molecule has 0 aliphatic carbocycles. The van der Waals surface area contributed by atoms with Crippen LogP contribution >= 0.6 is 0 Å². The van der Waals surface area contributed by atoms with E-state index in [0.717, 1.165) is 16.7 Å². The lowest BCUT2D eigenvalue weighted by atomic mass is 10.1. The SMILES string of the molecule is Cc1cc(C)cc(-c2ncn(/C=C(\C(=O)O)c3cncnc3)n2)c1. The molecule has 24 heavy (non-hydrogen) atoms. The molecule has 1 N–H and O–H groups in total. The zero-order chi connectivity index (χ0) is 17.1. The van der Waals surface area contributed by atoms with Gasteiger partial charge in [-0.1, -0.05) is 17.2 Å². The summed E-state index contributed by atoms with van der Waals surface area (Å²) in [5.74, 6) is -0.555. The monoisotopic (exact) mass is 321 g/mol. The van der Waals surface area contributed by atoms with E-state index in [1.807, 2.05) is 26.0 Å². The number of aryl methyl sites for hydroxylation is 2. The molecule has 2 aromatic heterocycles. The number of hydrogen-bond acceptors (Lipinski definition) is 5. The number of carboxylic acid groups (broad SMARTS) is 1. The molecule has 0 aliphatic rings. The summed E-state index contributed by atoms with van der Waals surface area (Å²) in [6, 6.07) is 6.04. The maximum absolute atomic E-state index is 11.5. The van der Waals surface area contributed by atoms with Crippen molar-refractivity contribution < 1.29 is 9.90 Å². The second-order valence-corrected chi connectivity index (χ2v) is 5.40. The maximum atomic E-state index is 11.5. The zero-order valence-corrected chi connectivity index (χ0v) is 13.2. The van der Waals surface area contributed by atoms with Gasteiger partial charge in [0.1, 0.15) is 12.7 Å². The van der Waals surface area contributed by atoms with Crippen LogP contribution < -0.4 is 0 Å². The summed E-state index contributed by atoms with van der Waals surface area (Å²) in [5.41, 5.74) is 3.55. The average molecular weight is 321 g/mol. The van der Waals surface area contributed by atoms with Gasteiger partial charge >= 0.3 is 5.97 Å². The van der Waals surface area contributed by atoms with Gasteiger partial charge in [0.25, 0.3) is 0 Å². The van der Waals surface area contributed by atoms with Crippen molar-refractivity contribution in [2.24, 2.45) is 0 Å². The minimum Gasteiger partial charge on any atom is -0.478 e. The lowest BCUT2D eigenvalue weighted by molar-refractivity contribution is -0.130. The Balaban J connectivity index is 1.99. The van der Waals surface area contributed by atoms with Gasteiger partial charge in [0.05, 0.1) is 5.57 Å². The third kappa shape index (κ3) is 3.35. The van der Waals surface area contributed by atoms with Gasteiger partial charge in [-0.15, -0.1) is 5.10 Å². The van der Waals surface area contributed by atoms with Crippen molar-refractivity contribution >= 4 is 17.7 Å². The molecule has 0 bridgehead atoms. The fraction of sp³-hybridized carbons (Fsp3) is 0.118. The van der Waals surface area contributed by atoms with Gasteiger partial charge in [0, 0.05) is 29.7 Å². The molecule has 0 radical (unpaired) electrons. The van der Waals surface area contributed by atoms with Crippen LogP contribution in [0.1, 0.15) is 16.7 Å². The molecular weight excluding hydrogens is 306 g/mol. The average Bonchev–Trinajstić information content (AvgIpc) is 3.01. The van der Waals surface area contributed by atoms with E-state index >= 15 is 0 Å². The molecule has 1 aromatic carbocycles. The third-order valence-corrected chi connectivity index (χ3v) is 3.35. The highest BCUT2D eigenvalue weighted by molar-refractivity contribution is 6.18. The number of nitrogens with zero attached hydrogens (tertiary/aromatic N) is 5. The Hall–Kier alpha value is -3.35. The number of benzene rings is 1. The molecular formula is C17H15N5O2. The molecule has 0 unspecified atom stereocenters. The van der Waals surface area contributed by atoms with Crippen LogP contribution in [-0.2, 0) is 4.79 Å². The number of aliphatic carboxylic acids is 1. The first-order valence-electron chi connectivity index (χ1n) is 7.23. The van der Waals surface area contributed by atoms with E-state index in [9.17, 15) is 9.90 Å². The summed E-state index contributed by atoms with van der Waals surface area (Å²) in [7, 11) is 0. The number of hydrogen-bond donors (Lipinski definition) is 1. The second-order valence-electron chi connectivity index (χ2n) is 5.40. The van der Waals surface area contributed by atoms with Gasteiger partial charge in [-0.25, -0.2) is 24.4 Å². The molecule has 0 atom stereocenters. The van der Waals surface area contributed by atoms with E-state index in [1.54, 1.807) is 0 Å². The van der Waals surface area contributed by atoms with Crippen molar-refractivity contribution in [3.05, 3.63) is 59.9 Å². The van der Waals surface area contributed by atoms with Gasteiger partial charge in [-0.3, -0.25) is 0 Å². The number of rotatable bonds is 4. The van der Waals surface area contributed by atoms with Crippen molar-refractivity contribution in [2.75, 3.05) is 0 Å². The Morgan fingerprint density at radius 1 is 1.12 bits per heavy atom. The highest BCUT2D eigenvalue weighted by Gasteiger charge is 2.12. The van der Waals surface area contributed by atoms with Gasteiger partial charge in [-0.2, -0.15) is 0 Å². The molecule has 7 heteroatoms. The maximum Gasteiger partial charge on any atom is 0.337 e. The van der Waals surface area contributed by atoms with Crippen LogP contribution in [0.5, 0.6) is 0 Å². The highest BCUT2D eigenvalue weighted by Crippen LogP contribution is 2.19. The van der Waals surface area contributed by atoms with Crippen LogP contribution in [0.3, 0.4) is 0 Å². The Labute approximate surface area is 138 Å². The summed E-state index contributed by atoms with van der Waals surface area (Å²) in [6.45, 7) is 4.01. The number of carboxylic acids is 1. The summed E-state index contributed by atoms with van der Waals surface area (Å²) >= 11 is 0. The van der Waals surface area contributed by atoms with Crippen LogP contribution in [0.25, 0.3) is 23.2 Å². The molecule has 2 heterocycles. The van der Waals surface area contributed by atoms with E-state index in [0.29, 0.717) is 11.4 Å². The minimum atomic E-state index is -1.09. The zero-order valence-electron chi connectivity index (χ0n) is 13.2. The van der Waals surface area contributed by atoms with Crippen molar-refractivity contribution in [2.45, 2.75) is 13.8 Å². The molecule has 0 aliphatic heterocycles. The molecule has 0 saturated heterocycles. The Bertz CT molecular complexity index is 895. The smallest absolute Gasteiger partial charge is 0.337 e. The van der Waals surface area contributed by atoms with E-state index in [4.69, 9.17) is 0 Å². The molecule has 7 nitrogen and oxygen atoms in total. The summed E-state index contributed by atoms with van der Waals surface area (Å²) in [6.07, 6.45) is 7.08. The first-order chi connectivity index (χ1) is 11.5. The van der Waals surface area contributed by atoms with Crippen molar-refractivity contribution in [1.29, 1.82) is 0 Å². The summed E-state index contributed by atoms with van der Waals surface area (Å²) in [4.78, 5) is 23.4. The van der Waals surface area contributed by atoms with Crippen LogP contribution in [0, 0.1) is 13.8 Å². The third-order valence-electron chi connectivity index (χ3n) is 3.35. The molecule has 0 amide bonds. The molecule has 0 fully saturated rings. The number of carbonyl (C=O) groups is 1. The van der Waals surface area contributed by atoms with Crippen LogP contribution in [0.15, 0.2) is 43.2 Å². The Morgan fingerprint density at radius 2 is 1.79 bits per heavy atom. The van der Waals surface area contributed by atoms with Crippen molar-refractivity contribution in [1.82, 2.24) is 24.7 Å². The minimum absolute atomic E-state index is 0.0347. The topological polar surface area (TPSA) is 93.8 Å². The fourth-order valence-corrected chi connectivity index (χ4v) is 2.40. The van der Waals surface area contributed by atoms with E-state index < -0.39 is 5.97 Å². The van der Waals surface area contributed by atoms with E-state index in [-0.39, 0.29) is 5.57 Å². The molecule has 3 aromatic rings. The van der Waals surface area contributed by atoms with Crippen molar-refractivity contribution in [3.8, 4) is 11.4 Å². The lowest BCUT2D eigenvalue weighted by Gasteiger charge is -2.02. The summed E-state index contributed by atoms with van der Waals surface area (Å²) < 4.78 is 1.38. The lowest BCUT2D eigenvalue weighted by Crippen LogP contribution is -2.03. The molecule has 3 rings (SSSR count). The van der Waals surface area contributed by atoms with E-state index in [1.165, 1.54) is 35.9 Å². The van der Waals surface area contributed by atoms with Gasteiger partial charge in [0.2, 0.25) is 0 Å². The standard InChI is InChI=1S/C17H15N5O2/c1-11-3-12(2)5-13(4-11)16-20-10-22(21-16)8-15(17(23)24)14-6-18-9-19-7-14/h3-10H,1-2H3,(H,23,24)/b15-8-. The van der Waals surface area contributed by atoms with E-state index in [2.05, 4.69) is 26.1 Å². The predicted molar refractivity (Wildman–Crippen MR) is 88.8 cm³/mol. The normalized spacial score (nSPS) is 11.5. The first-order valence-corrected chi connectivity index (χ1v) is 7.23. The van der Waals surface area contributed by atoms with Gasteiger partial charge < -0.3 is 5.11 Å². The van der Waals surface area contributed by atoms with Gasteiger partial charge in [0.15, 0.2) is 5.82 Å². The van der Waals surface area contributed by atoms with Crippen molar-refractivity contribution in [3.63, 3.8) is 0 Å².